The fourth-order valence-corrected chi connectivity index (χ4v) is 6.08. The van der Waals surface area contributed by atoms with E-state index >= 15 is 0 Å². The van der Waals surface area contributed by atoms with Gasteiger partial charge in [0.2, 0.25) is 5.91 Å². The van der Waals surface area contributed by atoms with Crippen LogP contribution in [0.1, 0.15) is 88.6 Å². The first-order valence-corrected chi connectivity index (χ1v) is 16.3. The first kappa shape index (κ1) is 32.1. The number of carbonyl (C=O) groups is 2. The number of aryl methyl sites for hydroxylation is 1. The highest BCUT2D eigenvalue weighted by Gasteiger charge is 2.25. The van der Waals surface area contributed by atoms with Crippen LogP contribution < -0.4 is 15.0 Å². The lowest BCUT2D eigenvalue weighted by molar-refractivity contribution is -0.154. The number of benzene rings is 3. The number of hydrogen-bond acceptors (Lipinski definition) is 5. The summed E-state index contributed by atoms with van der Waals surface area (Å²) in [7, 11) is 0. The number of hydrogen-bond donors (Lipinski definition) is 2. The van der Waals surface area contributed by atoms with E-state index in [-0.39, 0.29) is 30.4 Å². The molecule has 0 spiro atoms. The van der Waals surface area contributed by atoms with E-state index in [1.165, 1.54) is 6.42 Å². The summed E-state index contributed by atoms with van der Waals surface area (Å²) in [6.07, 6.45) is 6.66. The molecule has 1 atom stereocenters. The third-order valence-corrected chi connectivity index (χ3v) is 8.03. The van der Waals surface area contributed by atoms with E-state index in [0.717, 1.165) is 70.5 Å². The van der Waals surface area contributed by atoms with Crippen molar-refractivity contribution in [3.8, 4) is 5.75 Å². The zero-order valence-electron chi connectivity index (χ0n) is 27.3. The number of fused-ring (bicyclic) bond motifs is 1. The van der Waals surface area contributed by atoms with Crippen LogP contribution in [0.3, 0.4) is 0 Å². The number of anilines is 1. The third-order valence-electron chi connectivity index (χ3n) is 8.03. The lowest BCUT2D eigenvalue weighted by Crippen LogP contribution is -2.34. The van der Waals surface area contributed by atoms with Gasteiger partial charge in [0.1, 0.15) is 11.4 Å². The number of carbonyl (C=O) groups excluding carboxylic acids is 2. The molecule has 2 N–H and O–H groups in total. The lowest BCUT2D eigenvalue weighted by atomic mass is 9.95. The van der Waals surface area contributed by atoms with Crippen molar-refractivity contribution < 1.29 is 19.1 Å². The van der Waals surface area contributed by atoms with E-state index in [9.17, 15) is 9.59 Å². The van der Waals surface area contributed by atoms with Crippen molar-refractivity contribution in [2.24, 2.45) is 0 Å². The van der Waals surface area contributed by atoms with Crippen LogP contribution in [0.4, 0.5) is 5.69 Å². The van der Waals surface area contributed by atoms with Crippen molar-refractivity contribution in [3.63, 3.8) is 0 Å². The molecule has 45 heavy (non-hydrogen) atoms. The predicted molar refractivity (Wildman–Crippen MR) is 181 cm³/mol. The molecule has 2 heterocycles. The Hall–Kier alpha value is -4.26. The van der Waals surface area contributed by atoms with Gasteiger partial charge in [0, 0.05) is 53.9 Å². The summed E-state index contributed by atoms with van der Waals surface area (Å²) >= 11 is 0. The fraction of sp³-hybridized carbons (Fsp3) is 0.421. The predicted octanol–water partition coefficient (Wildman–Crippen LogP) is 7.67. The van der Waals surface area contributed by atoms with Crippen molar-refractivity contribution in [2.45, 2.75) is 90.9 Å². The molecule has 1 aliphatic heterocycles. The summed E-state index contributed by atoms with van der Waals surface area (Å²) in [5.74, 6) is 0.572. The number of nitrogens with one attached hydrogen (secondary N) is 2. The van der Waals surface area contributed by atoms with Crippen LogP contribution in [0, 0.1) is 0 Å². The number of H-pyrrole nitrogens is 1. The highest BCUT2D eigenvalue weighted by atomic mass is 16.6. The molecule has 0 radical (unpaired) electrons. The molecule has 1 aliphatic rings. The highest BCUT2D eigenvalue weighted by Crippen LogP contribution is 2.36. The maximum Gasteiger partial charge on any atom is 0.306 e. The molecule has 5 rings (SSSR count). The largest absolute Gasteiger partial charge is 0.491 e. The molecule has 4 aromatic rings. The van der Waals surface area contributed by atoms with Crippen LogP contribution in [0.15, 0.2) is 72.9 Å². The van der Waals surface area contributed by atoms with Crippen LogP contribution in [0.25, 0.3) is 10.9 Å². The average Bonchev–Trinajstić information content (AvgIpc) is 3.41. The number of piperidine rings is 1. The quantitative estimate of drug-likeness (QED) is 0.171. The molecule has 1 amide bonds. The van der Waals surface area contributed by atoms with Gasteiger partial charge in [-0.2, -0.15) is 0 Å². The fourth-order valence-electron chi connectivity index (χ4n) is 6.08. The summed E-state index contributed by atoms with van der Waals surface area (Å²) in [6.45, 7) is 11.7. The van der Waals surface area contributed by atoms with Gasteiger partial charge in [-0.05, 0) is 95.2 Å². The number of aromatic amines is 1. The second-order valence-corrected chi connectivity index (χ2v) is 13.3. The van der Waals surface area contributed by atoms with Crippen molar-refractivity contribution in [1.29, 1.82) is 0 Å². The third kappa shape index (κ3) is 8.68. The van der Waals surface area contributed by atoms with Gasteiger partial charge in [-0.3, -0.25) is 9.59 Å². The van der Waals surface area contributed by atoms with Gasteiger partial charge in [0.15, 0.2) is 0 Å². The molecule has 1 saturated heterocycles. The first-order chi connectivity index (χ1) is 21.6. The van der Waals surface area contributed by atoms with Crippen molar-refractivity contribution in [2.75, 3.05) is 18.0 Å². The molecule has 1 fully saturated rings. The van der Waals surface area contributed by atoms with Gasteiger partial charge in [-0.15, -0.1) is 0 Å². The van der Waals surface area contributed by atoms with Gasteiger partial charge in [-0.1, -0.05) is 42.5 Å². The number of esters is 1. The van der Waals surface area contributed by atoms with Crippen molar-refractivity contribution >= 4 is 28.5 Å². The Kier molecular flexibility index (Phi) is 10.2. The van der Waals surface area contributed by atoms with Gasteiger partial charge in [-0.25, -0.2) is 0 Å². The summed E-state index contributed by atoms with van der Waals surface area (Å²) in [5, 5.41) is 4.41. The van der Waals surface area contributed by atoms with Crippen molar-refractivity contribution in [1.82, 2.24) is 10.3 Å². The zero-order chi connectivity index (χ0) is 32.0. The SMILES string of the molecule is CC(C)Oc1ccc(C(NC(=O)Cc2ccc3[nH]cc(CCC(=O)OC(C)(C)C)c3c2)c2ccccc2)c(N2CCCCC2)c1. The van der Waals surface area contributed by atoms with E-state index in [1.54, 1.807) is 0 Å². The van der Waals surface area contributed by atoms with Gasteiger partial charge in [0.05, 0.1) is 18.6 Å². The monoisotopic (exact) mass is 609 g/mol. The Morgan fingerprint density at radius 2 is 1.71 bits per heavy atom. The van der Waals surface area contributed by atoms with E-state index in [4.69, 9.17) is 9.47 Å². The molecule has 0 aliphatic carbocycles. The van der Waals surface area contributed by atoms with Crippen LogP contribution in [-0.4, -0.2) is 41.7 Å². The topological polar surface area (TPSA) is 83.7 Å². The van der Waals surface area contributed by atoms with E-state index < -0.39 is 5.60 Å². The normalized spacial score (nSPS) is 14.4. The number of ether oxygens (including phenoxy) is 2. The molecule has 7 nitrogen and oxygen atoms in total. The second-order valence-electron chi connectivity index (χ2n) is 13.3. The number of rotatable bonds is 11. The summed E-state index contributed by atoms with van der Waals surface area (Å²) in [4.78, 5) is 31.8. The molecule has 0 bridgehead atoms. The Labute approximate surface area is 267 Å². The van der Waals surface area contributed by atoms with Crippen LogP contribution in [0.5, 0.6) is 5.75 Å². The van der Waals surface area contributed by atoms with Crippen LogP contribution in [0.2, 0.25) is 0 Å². The zero-order valence-corrected chi connectivity index (χ0v) is 27.3. The maximum atomic E-state index is 13.8. The van der Waals surface area contributed by atoms with Crippen LogP contribution in [-0.2, 0) is 27.2 Å². The smallest absolute Gasteiger partial charge is 0.306 e. The van der Waals surface area contributed by atoms with Gasteiger partial charge >= 0.3 is 5.97 Å². The number of aromatic nitrogens is 1. The molecular formula is C38H47N3O4. The molecule has 238 valence electrons. The second kappa shape index (κ2) is 14.2. The minimum absolute atomic E-state index is 0.0545. The lowest BCUT2D eigenvalue weighted by Gasteiger charge is -2.33. The molecule has 1 aromatic heterocycles. The van der Waals surface area contributed by atoms with E-state index in [1.807, 2.05) is 77.2 Å². The molecular weight excluding hydrogens is 562 g/mol. The standard InChI is InChI=1S/C38H47N3O4/c1-26(2)44-30-16-17-31(34(24-30)41-20-10-7-11-21-41)37(28-12-8-6-9-13-28)40-35(42)23-27-14-18-33-32(22-27)29(25-39-33)15-19-36(43)45-38(3,4)5/h6,8-9,12-14,16-18,22,24-26,37,39H,7,10-11,15,19-21,23H2,1-5H3,(H,40,42). The minimum Gasteiger partial charge on any atom is -0.491 e. The van der Waals surface area contributed by atoms with Gasteiger partial charge < -0.3 is 24.7 Å². The van der Waals surface area contributed by atoms with Crippen LogP contribution >= 0.6 is 0 Å². The summed E-state index contributed by atoms with van der Waals surface area (Å²) < 4.78 is 11.6. The molecule has 1 unspecified atom stereocenters. The minimum atomic E-state index is -0.506. The number of nitrogens with zero attached hydrogens (tertiary/aromatic N) is 1. The Balaban J connectivity index is 1.38. The Bertz CT molecular complexity index is 1600. The molecule has 7 heteroatoms. The van der Waals surface area contributed by atoms with Crippen molar-refractivity contribution in [3.05, 3.63) is 95.2 Å². The number of amides is 1. The van der Waals surface area contributed by atoms with E-state index in [2.05, 4.69) is 45.5 Å². The highest BCUT2D eigenvalue weighted by molar-refractivity contribution is 5.87. The maximum absolute atomic E-state index is 13.8. The molecule has 0 saturated carbocycles. The summed E-state index contributed by atoms with van der Waals surface area (Å²) in [5.41, 5.74) is 5.65. The van der Waals surface area contributed by atoms with E-state index in [0.29, 0.717) is 12.8 Å². The molecule has 3 aromatic carbocycles. The average molecular weight is 610 g/mol. The van der Waals surface area contributed by atoms with Gasteiger partial charge in [0.25, 0.3) is 0 Å². The Morgan fingerprint density at radius 3 is 2.42 bits per heavy atom. The Morgan fingerprint density at radius 1 is 0.956 bits per heavy atom. The summed E-state index contributed by atoms with van der Waals surface area (Å²) in [6, 6.07) is 22.2. The first-order valence-electron chi connectivity index (χ1n) is 16.3.